The normalized spacial score (nSPS) is 14.4. The first-order valence-corrected chi connectivity index (χ1v) is 51.4. The van der Waals surface area contributed by atoms with Crippen molar-refractivity contribution in [1.82, 2.24) is 121 Å². The second-order valence-electron chi connectivity index (χ2n) is 39.0. The molecule has 14 heterocycles. The fraction of sp³-hybridized carbons (Fsp3) is 0.429. The molecule has 4 fully saturated rings. The topological polar surface area (TPSA) is 470 Å². The fourth-order valence-corrected chi connectivity index (χ4v) is 19.2. The summed E-state index contributed by atoms with van der Waals surface area (Å²) in [6, 6.07) is 24.1. The molecule has 11 N–H and O–H groups in total. The van der Waals surface area contributed by atoms with E-state index in [4.69, 9.17) is 60.2 Å². The van der Waals surface area contributed by atoms with Gasteiger partial charge < -0.3 is 75.4 Å². The van der Waals surface area contributed by atoms with Gasteiger partial charge in [-0.2, -0.15) is 45.3 Å². The number of methoxy groups -OCH3 is 1. The van der Waals surface area contributed by atoms with Crippen LogP contribution < -0.4 is 37.2 Å². The minimum atomic E-state index is -0.411. The fourth-order valence-electron chi connectivity index (χ4n) is 18.6. The Hall–Kier alpha value is -14.0. The zero-order valence-corrected chi connectivity index (χ0v) is 89.5. The Kier molecular flexibility index (Phi) is 36.3. The van der Waals surface area contributed by atoms with Gasteiger partial charge in [-0.3, -0.25) is 34.8 Å². The maximum atomic E-state index is 15.1. The van der Waals surface area contributed by atoms with Crippen LogP contribution in [-0.4, -0.2) is 217 Å². The molecule has 0 radical (unpaired) electrons. The van der Waals surface area contributed by atoms with Gasteiger partial charge in [0.2, 0.25) is 35.6 Å². The third-order valence-electron chi connectivity index (χ3n) is 26.8. The molecule has 0 bridgehead atoms. The lowest BCUT2D eigenvalue weighted by atomic mass is 9.84. The van der Waals surface area contributed by atoms with E-state index in [1.807, 2.05) is 71.6 Å². The van der Waals surface area contributed by atoms with E-state index in [0.717, 1.165) is 164 Å². The predicted octanol–water partition coefficient (Wildman–Crippen LogP) is 21.6. The van der Waals surface area contributed by atoms with Crippen molar-refractivity contribution < 1.29 is 37.4 Å². The molecule has 0 unspecified atom stereocenters. The number of halogens is 5. The Labute approximate surface area is 879 Å². The molecule has 4 aliphatic heterocycles. The number of aromatic nitrogens is 20. The number of amides is 3. The van der Waals surface area contributed by atoms with Crippen LogP contribution in [0.4, 0.5) is 85.8 Å². The van der Waals surface area contributed by atoms with Crippen molar-refractivity contribution in [3.8, 4) is 0 Å². The number of nitrogens with zero attached hydrogens (tertiary/aromatic N) is 20. The summed E-state index contributed by atoms with van der Waals surface area (Å²) in [6.45, 7) is 39.3. The van der Waals surface area contributed by atoms with Crippen molar-refractivity contribution in [3.63, 3.8) is 0 Å². The van der Waals surface area contributed by atoms with Crippen LogP contribution in [0.15, 0.2) is 107 Å². The molecule has 148 heavy (non-hydrogen) atoms. The summed E-state index contributed by atoms with van der Waals surface area (Å²) in [7, 11) is 1.55. The number of ether oxygens (including phenoxy) is 1. The van der Waals surface area contributed by atoms with Gasteiger partial charge in [0, 0.05) is 149 Å². The number of anilines is 14. The highest BCUT2D eigenvalue weighted by molar-refractivity contribution is 6.34. The van der Waals surface area contributed by atoms with Gasteiger partial charge in [0.25, 0.3) is 0 Å². The highest BCUT2D eigenvalue weighted by Gasteiger charge is 2.33. The van der Waals surface area contributed by atoms with E-state index in [0.29, 0.717) is 141 Å². The van der Waals surface area contributed by atoms with Crippen LogP contribution in [0.25, 0.3) is 0 Å². The van der Waals surface area contributed by atoms with Crippen molar-refractivity contribution in [2.75, 3.05) is 110 Å². The van der Waals surface area contributed by atoms with Crippen molar-refractivity contribution in [2.45, 2.75) is 223 Å². The molecule has 0 saturated carbocycles. The van der Waals surface area contributed by atoms with Crippen LogP contribution in [0.5, 0.6) is 0 Å². The van der Waals surface area contributed by atoms with Gasteiger partial charge in [-0.15, -0.1) is 0 Å². The number of Topliss-reactive ketones (excluding diaryl/α,β-unsaturated/α-hetero) is 1. The molecule has 4 aliphatic rings. The smallest absolute Gasteiger partial charge is 0.316 e. The lowest BCUT2D eigenvalue weighted by Crippen LogP contribution is -2.39. The van der Waals surface area contributed by atoms with E-state index < -0.39 is 5.82 Å². The zero-order chi connectivity index (χ0) is 105. The number of hydrogen-bond donors (Lipinski definition) is 11. The van der Waals surface area contributed by atoms with Crippen LogP contribution in [0.3, 0.4) is 0 Å². The number of carbonyl (C=O) groups is 4. The first-order chi connectivity index (χ1) is 70.9. The summed E-state index contributed by atoms with van der Waals surface area (Å²) in [5.74, 6) is 9.69. The number of aromatic amines is 4. The summed E-state index contributed by atoms with van der Waals surface area (Å²) in [6.07, 6.45) is 15.6. The Bertz CT molecular complexity index is 6990. The number of piperidine rings is 4. The molecule has 0 spiro atoms. The van der Waals surface area contributed by atoms with Crippen molar-refractivity contribution in [2.24, 2.45) is 0 Å². The third-order valence-corrected chi connectivity index (χ3v) is 27.9. The lowest BCUT2D eigenvalue weighted by Gasteiger charge is -2.33. The predicted molar refractivity (Wildman–Crippen MR) is 572 cm³/mol. The number of ketones is 1. The molecule has 14 aromatic rings. The van der Waals surface area contributed by atoms with Crippen LogP contribution in [0.1, 0.15) is 258 Å². The number of rotatable bonds is 31. The van der Waals surface area contributed by atoms with E-state index in [-0.39, 0.29) is 72.3 Å². The quantitative estimate of drug-likeness (QED) is 0.0192. The van der Waals surface area contributed by atoms with Crippen LogP contribution in [-0.2, 0) is 32.0 Å². The standard InChI is InChI=1S/C29H37ClN8O.C27H32ClN9O2.C25H29ClFN7O2.C24H30ClN7O2/c1-17(2)28-34-27(39-37-28)8-11-38-9-6-21(7-10-38)23-13-18(3)22(12-19(23)4)15-25-31-16-24(30)29(32-25)33-26-14-20(5)35-36-26;1-14(2)23-32-25(39-36-23)26(38)37-8-6-18(7-9-37)19-10-16(4)21(11-15(19)3)30-27-29-13-20(28)24(33-27)31-22-12-17(5)34-35-22;1-14-10-21(29-25-28-13-19(26)24(31-25)30-22-11-15(2)32-33-22)20(27)12-18(14)17-6-8-34(9-7-17)23(36)5-4-16(3)35;1-14-10-20(15(2)9-18(14)17-5-7-32(8-6-17)22(33)13-34-4)27-24-26-12-19(25)23(29-24)28-21-11-16(3)30-31-21/h12-14,16-17,21H,6-11,15H2,1-5H3,(H2,31,32,33,35,36);10-14,18H,6-9H2,1-5H3,(H3,29,30,31,33,34,35);10-13,17H,4-9H2,1-3H3,(H3,28,29,30,31,32,33);9-12,17H,5-8,13H2,1-4H3,(H3,26,27,28,29,30,31). The van der Waals surface area contributed by atoms with E-state index in [1.54, 1.807) is 53.7 Å². The van der Waals surface area contributed by atoms with Gasteiger partial charge in [-0.05, 0) is 262 Å². The van der Waals surface area contributed by atoms with E-state index in [2.05, 4.69) is 235 Å². The van der Waals surface area contributed by atoms with Crippen LogP contribution in [0.2, 0.25) is 20.1 Å². The molecule has 780 valence electrons. The molecule has 10 aromatic heterocycles. The van der Waals surface area contributed by atoms with Gasteiger partial charge in [0.1, 0.15) is 44.1 Å². The second kappa shape index (κ2) is 49.7. The van der Waals surface area contributed by atoms with Crippen LogP contribution >= 0.6 is 46.4 Å². The summed E-state index contributed by atoms with van der Waals surface area (Å²) >= 11 is 25.2. The Morgan fingerprint density at radius 1 is 0.419 bits per heavy atom. The van der Waals surface area contributed by atoms with E-state index in [9.17, 15) is 19.2 Å². The molecule has 38 nitrogen and oxygen atoms in total. The molecule has 0 atom stereocenters. The highest BCUT2D eigenvalue weighted by Crippen LogP contribution is 2.41. The number of carbonyl (C=O) groups excluding carboxylic acids is 4. The first-order valence-electron chi connectivity index (χ1n) is 49.9. The monoisotopic (exact) mass is 2090 g/mol. The number of H-pyrrole nitrogens is 4. The largest absolute Gasteiger partial charge is 0.375 e. The summed E-state index contributed by atoms with van der Waals surface area (Å²) in [4.78, 5) is 101. The van der Waals surface area contributed by atoms with E-state index >= 15 is 4.39 Å². The Balaban J connectivity index is 0.000000148. The number of hydrogen-bond acceptors (Lipinski definition) is 31. The molecule has 18 rings (SSSR count). The SMILES string of the molecule is CC(=O)CCC(=O)N1CCC(c2cc(F)c(Nc3ncc(Cl)c(Nc4cc(C)[nH]n4)n3)cc2C)CC1.COCC(=O)N1CCC(c2cc(C)c(Nc3ncc(Cl)c(Nc4cc(C)[nH]n4)n3)cc2C)CC1.Cc1cc(Nc2nc(Cc3cc(C)c(C4CCN(CCc5nc(C(C)C)no5)CC4)cc3C)ncc2Cl)n[nH]1.Cc1cc(Nc2nc(Nc3cc(C)c(C4CCN(C(=O)c5nc(C(C)C)no5)CC4)cc3C)ncc2Cl)n[nH]1. The average molecular weight is 2100 g/mol. The zero-order valence-electron chi connectivity index (χ0n) is 86.4. The Morgan fingerprint density at radius 3 is 1.20 bits per heavy atom. The third kappa shape index (κ3) is 28.7. The summed E-state index contributed by atoms with van der Waals surface area (Å²) in [5.41, 5.74) is 20.2. The molecular formula is C105H128Cl4FN31O7. The number of aryl methyl sites for hydroxylation is 11. The first kappa shape index (κ1) is 108. The van der Waals surface area contributed by atoms with Gasteiger partial charge >= 0.3 is 11.8 Å². The summed E-state index contributed by atoms with van der Waals surface area (Å²) in [5, 5.41) is 59.8. The van der Waals surface area contributed by atoms with E-state index in [1.165, 1.54) is 57.6 Å². The molecular weight excluding hydrogens is 1970 g/mol. The Morgan fingerprint density at radius 2 is 0.791 bits per heavy atom. The molecule has 4 saturated heterocycles. The summed E-state index contributed by atoms with van der Waals surface area (Å²) < 4.78 is 30.7. The van der Waals surface area contributed by atoms with Gasteiger partial charge in [-0.25, -0.2) is 29.3 Å². The van der Waals surface area contributed by atoms with Gasteiger partial charge in [0.05, 0.1) is 30.5 Å². The van der Waals surface area contributed by atoms with Crippen molar-refractivity contribution >= 4 is 151 Å². The number of nitrogens with one attached hydrogen (secondary N) is 11. The van der Waals surface area contributed by atoms with Crippen LogP contribution in [0, 0.1) is 82.0 Å². The maximum Gasteiger partial charge on any atom is 0.316 e. The maximum absolute atomic E-state index is 15.1. The number of likely N-dealkylation sites (tertiary alicyclic amines) is 4. The van der Waals surface area contributed by atoms with Gasteiger partial charge in [0.15, 0.2) is 58.2 Å². The minimum absolute atomic E-state index is 0.00495. The van der Waals surface area contributed by atoms with Crippen molar-refractivity contribution in [3.05, 3.63) is 242 Å². The lowest BCUT2D eigenvalue weighted by molar-refractivity contribution is -0.136. The number of benzene rings is 4. The molecule has 3 amide bonds. The highest BCUT2D eigenvalue weighted by atomic mass is 35.5. The minimum Gasteiger partial charge on any atom is -0.375 e. The average Bonchev–Trinajstić information content (AvgIpc) is 1.32. The van der Waals surface area contributed by atoms with Crippen molar-refractivity contribution in [1.29, 1.82) is 0 Å². The molecule has 4 aromatic carbocycles. The van der Waals surface area contributed by atoms with Gasteiger partial charge in [-0.1, -0.05) is 109 Å². The second-order valence-corrected chi connectivity index (χ2v) is 40.6. The molecule has 0 aliphatic carbocycles. The molecule has 43 heteroatoms.